The Morgan fingerprint density at radius 1 is 1.09 bits per heavy atom. The maximum Gasteiger partial charge on any atom is 0.227 e. The fraction of sp³-hybridized carbons (Fsp3) is 0.542. The average Bonchev–Trinajstić information content (AvgIpc) is 3.20. The number of amides is 1. The van der Waals surface area contributed by atoms with E-state index < -0.39 is 23.3 Å². The molecule has 1 spiro atoms. The topological polar surface area (TPSA) is 84.6 Å². The second-order valence-electron chi connectivity index (χ2n) is 9.49. The number of anilines is 3. The van der Waals surface area contributed by atoms with Gasteiger partial charge in [-0.15, -0.1) is 0 Å². The van der Waals surface area contributed by atoms with Crippen LogP contribution in [0.4, 0.5) is 30.6 Å². The molecular weight excluding hydrogens is 447 g/mol. The normalized spacial score (nSPS) is 24.7. The van der Waals surface area contributed by atoms with Crippen molar-refractivity contribution in [3.8, 4) is 0 Å². The number of halogens is 3. The molecule has 0 unspecified atom stereocenters. The number of hydrogen-bond acceptors (Lipinski definition) is 6. The van der Waals surface area contributed by atoms with Gasteiger partial charge < -0.3 is 20.3 Å². The lowest BCUT2D eigenvalue weighted by atomic mass is 9.78. The molecule has 3 saturated heterocycles. The summed E-state index contributed by atoms with van der Waals surface area (Å²) >= 11 is 0. The monoisotopic (exact) mass is 475 g/mol. The van der Waals surface area contributed by atoms with Gasteiger partial charge in [0.25, 0.3) is 0 Å². The molecule has 4 heterocycles. The number of ether oxygens (including phenoxy) is 1. The van der Waals surface area contributed by atoms with Gasteiger partial charge in [0.15, 0.2) is 11.6 Å². The number of benzene rings is 1. The summed E-state index contributed by atoms with van der Waals surface area (Å²) in [5.74, 6) is -1.40. The van der Waals surface area contributed by atoms with Gasteiger partial charge in [-0.3, -0.25) is 4.79 Å². The van der Waals surface area contributed by atoms with Gasteiger partial charge in [0, 0.05) is 48.9 Å². The summed E-state index contributed by atoms with van der Waals surface area (Å²) in [5.41, 5.74) is 6.57. The van der Waals surface area contributed by atoms with Crippen LogP contribution < -0.4 is 15.5 Å². The van der Waals surface area contributed by atoms with Crippen LogP contribution in [-0.4, -0.2) is 53.9 Å². The highest BCUT2D eigenvalue weighted by molar-refractivity contribution is 5.95. The van der Waals surface area contributed by atoms with E-state index in [1.807, 2.05) is 6.07 Å². The predicted octanol–water partition coefficient (Wildman–Crippen LogP) is 3.42. The summed E-state index contributed by atoms with van der Waals surface area (Å²) in [6, 6.07) is 5.49. The van der Waals surface area contributed by atoms with Gasteiger partial charge in [-0.1, -0.05) is 0 Å². The van der Waals surface area contributed by atoms with Crippen molar-refractivity contribution >= 4 is 23.4 Å². The van der Waals surface area contributed by atoms with E-state index in [-0.39, 0.29) is 24.4 Å². The van der Waals surface area contributed by atoms with Crippen molar-refractivity contribution < 1.29 is 22.7 Å². The number of nitrogens with two attached hydrogens (primary N) is 1. The summed E-state index contributed by atoms with van der Waals surface area (Å²) in [6.07, 6.45) is 2.66. The Morgan fingerprint density at radius 3 is 2.59 bits per heavy atom. The lowest BCUT2D eigenvalue weighted by Crippen LogP contribution is -2.60. The third kappa shape index (κ3) is 4.31. The highest BCUT2D eigenvalue weighted by Crippen LogP contribution is 2.42. The summed E-state index contributed by atoms with van der Waals surface area (Å²) in [6.45, 7) is 1.70. The quantitative estimate of drug-likeness (QED) is 0.730. The number of nitrogen functional groups attached to an aromatic ring is 1. The maximum atomic E-state index is 14.0. The Labute approximate surface area is 196 Å². The third-order valence-electron chi connectivity index (χ3n) is 7.31. The number of alkyl halides is 1. The Kier molecular flexibility index (Phi) is 6.09. The molecule has 3 aliphatic heterocycles. The number of rotatable bonds is 4. The lowest BCUT2D eigenvalue weighted by molar-refractivity contribution is -0.121. The van der Waals surface area contributed by atoms with Crippen LogP contribution in [0.5, 0.6) is 0 Å². The van der Waals surface area contributed by atoms with Crippen molar-refractivity contribution in [1.82, 2.24) is 9.97 Å². The first kappa shape index (κ1) is 22.9. The van der Waals surface area contributed by atoms with E-state index in [1.54, 1.807) is 4.90 Å². The zero-order valence-corrected chi connectivity index (χ0v) is 18.9. The van der Waals surface area contributed by atoms with Crippen LogP contribution in [-0.2, 0) is 16.0 Å². The molecule has 1 aromatic heterocycles. The second kappa shape index (κ2) is 9.05. The molecule has 3 aliphatic rings. The highest BCUT2D eigenvalue weighted by atomic mass is 19.2. The van der Waals surface area contributed by atoms with Gasteiger partial charge in [0.05, 0.1) is 18.8 Å². The minimum Gasteiger partial charge on any atom is -0.378 e. The molecule has 10 heteroatoms. The van der Waals surface area contributed by atoms with Crippen LogP contribution >= 0.6 is 0 Å². The van der Waals surface area contributed by atoms with Gasteiger partial charge in [-0.25, -0.2) is 18.2 Å². The van der Waals surface area contributed by atoms with E-state index in [4.69, 9.17) is 10.5 Å². The maximum absolute atomic E-state index is 14.0. The summed E-state index contributed by atoms with van der Waals surface area (Å²) in [5, 5.41) is 0. The van der Waals surface area contributed by atoms with Gasteiger partial charge in [0.1, 0.15) is 12.0 Å². The molecule has 5 rings (SSSR count). The summed E-state index contributed by atoms with van der Waals surface area (Å²) < 4.78 is 46.7. The summed E-state index contributed by atoms with van der Waals surface area (Å²) in [7, 11) is 0. The van der Waals surface area contributed by atoms with Crippen molar-refractivity contribution in [3.05, 3.63) is 41.6 Å². The molecule has 0 aliphatic carbocycles. The fourth-order valence-corrected chi connectivity index (χ4v) is 5.52. The second-order valence-corrected chi connectivity index (χ2v) is 9.49. The Morgan fingerprint density at radius 2 is 1.88 bits per heavy atom. The first-order chi connectivity index (χ1) is 16.3. The number of piperidine rings is 2. The third-order valence-corrected chi connectivity index (χ3v) is 7.31. The molecule has 1 aromatic carbocycles. The number of nitrogens with zero attached hydrogens (tertiary/aromatic N) is 4. The summed E-state index contributed by atoms with van der Waals surface area (Å²) in [4.78, 5) is 25.4. The zero-order chi connectivity index (χ0) is 23.9. The van der Waals surface area contributed by atoms with Crippen molar-refractivity contribution in [1.29, 1.82) is 0 Å². The molecule has 2 atom stereocenters. The van der Waals surface area contributed by atoms with E-state index in [9.17, 15) is 18.0 Å². The van der Waals surface area contributed by atoms with E-state index in [2.05, 4.69) is 14.9 Å². The SMILES string of the molecule is Nc1nc(C[C@H]2COC[C@H]2F)cc(N2CCC3(CCCC(=O)N3c3ccc(F)c(F)c3)CC2)n1. The molecule has 0 saturated carbocycles. The number of carbonyl (C=O) groups excluding carboxylic acids is 1. The fourth-order valence-electron chi connectivity index (χ4n) is 5.52. The Balaban J connectivity index is 1.35. The van der Waals surface area contributed by atoms with Crippen LogP contribution in [0.3, 0.4) is 0 Å². The smallest absolute Gasteiger partial charge is 0.227 e. The molecule has 34 heavy (non-hydrogen) atoms. The Bertz CT molecular complexity index is 1080. The van der Waals surface area contributed by atoms with Gasteiger partial charge in [0.2, 0.25) is 11.9 Å². The van der Waals surface area contributed by atoms with Crippen molar-refractivity contribution in [2.75, 3.05) is 41.8 Å². The van der Waals surface area contributed by atoms with Crippen LogP contribution in [0.25, 0.3) is 0 Å². The van der Waals surface area contributed by atoms with Gasteiger partial charge >= 0.3 is 0 Å². The van der Waals surface area contributed by atoms with Crippen molar-refractivity contribution in [2.45, 2.75) is 50.2 Å². The lowest BCUT2D eigenvalue weighted by Gasteiger charge is -2.51. The molecule has 0 radical (unpaired) electrons. The molecule has 2 aromatic rings. The first-order valence-electron chi connectivity index (χ1n) is 11.7. The van der Waals surface area contributed by atoms with Gasteiger partial charge in [-0.2, -0.15) is 4.98 Å². The number of hydrogen-bond donors (Lipinski definition) is 1. The van der Waals surface area contributed by atoms with Crippen molar-refractivity contribution in [2.24, 2.45) is 5.92 Å². The van der Waals surface area contributed by atoms with Crippen LogP contribution in [0.15, 0.2) is 24.3 Å². The minimum atomic E-state index is -1.01. The number of carbonyl (C=O) groups is 1. The zero-order valence-electron chi connectivity index (χ0n) is 18.9. The van der Waals surface area contributed by atoms with E-state index >= 15 is 0 Å². The van der Waals surface area contributed by atoms with E-state index in [0.29, 0.717) is 62.6 Å². The average molecular weight is 476 g/mol. The van der Waals surface area contributed by atoms with E-state index in [0.717, 1.165) is 25.0 Å². The van der Waals surface area contributed by atoms with Crippen LogP contribution in [0.2, 0.25) is 0 Å². The van der Waals surface area contributed by atoms with Crippen LogP contribution in [0, 0.1) is 17.6 Å². The van der Waals surface area contributed by atoms with Crippen molar-refractivity contribution in [3.63, 3.8) is 0 Å². The minimum absolute atomic E-state index is 0.0705. The standard InChI is InChI=1S/C24H28F3N5O2/c25-18-4-3-17(12-19(18)26)32-22(33)2-1-5-24(32)6-8-31(9-7-24)21-11-16(29-23(28)30-21)10-15-13-34-14-20(15)27/h3-4,11-12,15,20H,1-2,5-10,13-14H2,(H2,28,29,30)/t15-,20+/m0/s1. The molecule has 0 bridgehead atoms. The Hall–Kier alpha value is -2.88. The predicted molar refractivity (Wildman–Crippen MR) is 121 cm³/mol. The van der Waals surface area contributed by atoms with E-state index in [1.165, 1.54) is 6.07 Å². The molecule has 1 amide bonds. The largest absolute Gasteiger partial charge is 0.378 e. The molecule has 182 valence electrons. The first-order valence-corrected chi connectivity index (χ1v) is 11.7. The molecule has 3 fully saturated rings. The highest BCUT2D eigenvalue weighted by Gasteiger charge is 2.45. The van der Waals surface area contributed by atoms with Crippen LogP contribution in [0.1, 0.15) is 37.8 Å². The molecule has 7 nitrogen and oxygen atoms in total. The van der Waals surface area contributed by atoms with Gasteiger partial charge in [-0.05, 0) is 44.2 Å². The number of aromatic nitrogens is 2. The molecular formula is C24H28F3N5O2. The molecule has 2 N–H and O–H groups in total.